The SMILES string of the molecule is O=C(Cc1ccc(F)cc1F)C1CCNC1. The van der Waals surface area contributed by atoms with Gasteiger partial charge in [0.25, 0.3) is 0 Å². The van der Waals surface area contributed by atoms with Crippen LogP contribution in [0.5, 0.6) is 0 Å². The van der Waals surface area contributed by atoms with Gasteiger partial charge in [-0.15, -0.1) is 0 Å². The van der Waals surface area contributed by atoms with Crippen LogP contribution in [0, 0.1) is 17.6 Å². The Morgan fingerprint density at radius 1 is 1.44 bits per heavy atom. The van der Waals surface area contributed by atoms with E-state index in [2.05, 4.69) is 5.32 Å². The average Bonchev–Trinajstić information content (AvgIpc) is 2.75. The average molecular weight is 225 g/mol. The number of halogens is 2. The standard InChI is InChI=1S/C12H13F2NO/c13-10-2-1-8(11(14)6-10)5-12(16)9-3-4-15-7-9/h1-2,6,9,15H,3-5,7H2. The molecule has 4 heteroatoms. The second-order valence-electron chi connectivity index (χ2n) is 4.07. The Bertz CT molecular complexity index is 400. The molecule has 1 aromatic carbocycles. The lowest BCUT2D eigenvalue weighted by molar-refractivity contribution is -0.121. The molecule has 1 fully saturated rings. The number of rotatable bonds is 3. The van der Waals surface area contributed by atoms with Crippen molar-refractivity contribution in [3.05, 3.63) is 35.4 Å². The molecule has 1 aliphatic heterocycles. The number of hydrogen-bond acceptors (Lipinski definition) is 2. The highest BCUT2D eigenvalue weighted by molar-refractivity contribution is 5.83. The Morgan fingerprint density at radius 3 is 2.88 bits per heavy atom. The minimum Gasteiger partial charge on any atom is -0.316 e. The molecule has 0 amide bonds. The molecule has 0 aromatic heterocycles. The van der Waals surface area contributed by atoms with Crippen molar-refractivity contribution in [2.24, 2.45) is 5.92 Å². The predicted octanol–water partition coefficient (Wildman–Crippen LogP) is 1.69. The fraction of sp³-hybridized carbons (Fsp3) is 0.417. The van der Waals surface area contributed by atoms with E-state index in [0.29, 0.717) is 6.54 Å². The number of nitrogens with one attached hydrogen (secondary N) is 1. The van der Waals surface area contributed by atoms with Crippen LogP contribution in [-0.2, 0) is 11.2 Å². The van der Waals surface area contributed by atoms with Gasteiger partial charge in [-0.25, -0.2) is 8.78 Å². The second kappa shape index (κ2) is 4.70. The van der Waals surface area contributed by atoms with Gasteiger partial charge in [0.05, 0.1) is 0 Å². The summed E-state index contributed by atoms with van der Waals surface area (Å²) in [5.41, 5.74) is 0.276. The molecule has 0 bridgehead atoms. The Morgan fingerprint density at radius 2 is 2.25 bits per heavy atom. The highest BCUT2D eigenvalue weighted by Gasteiger charge is 2.23. The molecule has 0 saturated carbocycles. The van der Waals surface area contributed by atoms with Crippen molar-refractivity contribution in [3.63, 3.8) is 0 Å². The number of carbonyl (C=O) groups excluding carboxylic acids is 1. The summed E-state index contributed by atoms with van der Waals surface area (Å²) in [5, 5.41) is 3.09. The predicted molar refractivity (Wildman–Crippen MR) is 56.0 cm³/mol. The maximum absolute atomic E-state index is 13.3. The molecular formula is C12H13F2NO. The summed E-state index contributed by atoms with van der Waals surface area (Å²) >= 11 is 0. The van der Waals surface area contributed by atoms with Crippen LogP contribution in [0.15, 0.2) is 18.2 Å². The Kier molecular flexibility index (Phi) is 3.29. The lowest BCUT2D eigenvalue weighted by Crippen LogP contribution is -2.20. The quantitative estimate of drug-likeness (QED) is 0.848. The number of benzene rings is 1. The Hall–Kier alpha value is -1.29. The second-order valence-corrected chi connectivity index (χ2v) is 4.07. The molecule has 0 spiro atoms. The number of Topliss-reactive ketones (excluding diaryl/α,β-unsaturated/α-hetero) is 1. The fourth-order valence-electron chi connectivity index (χ4n) is 1.93. The minimum atomic E-state index is -0.640. The molecule has 2 rings (SSSR count). The van der Waals surface area contributed by atoms with Gasteiger partial charge in [0, 0.05) is 24.9 Å². The van der Waals surface area contributed by atoms with Crippen LogP contribution in [-0.4, -0.2) is 18.9 Å². The third-order valence-electron chi connectivity index (χ3n) is 2.90. The van der Waals surface area contributed by atoms with Gasteiger partial charge >= 0.3 is 0 Å². The molecular weight excluding hydrogens is 212 g/mol. The van der Waals surface area contributed by atoms with E-state index >= 15 is 0 Å². The Labute approximate surface area is 92.7 Å². The largest absolute Gasteiger partial charge is 0.316 e. The number of hydrogen-bond donors (Lipinski definition) is 1. The molecule has 1 atom stereocenters. The summed E-state index contributed by atoms with van der Waals surface area (Å²) in [6, 6.07) is 3.33. The van der Waals surface area contributed by atoms with Gasteiger partial charge in [0.15, 0.2) is 0 Å². The summed E-state index contributed by atoms with van der Waals surface area (Å²) < 4.78 is 25.9. The van der Waals surface area contributed by atoms with Gasteiger partial charge in [0.1, 0.15) is 17.4 Å². The van der Waals surface area contributed by atoms with Crippen molar-refractivity contribution in [1.29, 1.82) is 0 Å². The van der Waals surface area contributed by atoms with Gasteiger partial charge in [-0.05, 0) is 24.6 Å². The lowest BCUT2D eigenvalue weighted by Gasteiger charge is -2.07. The molecule has 1 aromatic rings. The molecule has 16 heavy (non-hydrogen) atoms. The van der Waals surface area contributed by atoms with Crippen LogP contribution in [0.25, 0.3) is 0 Å². The van der Waals surface area contributed by atoms with Crippen LogP contribution in [0.3, 0.4) is 0 Å². The first-order chi connectivity index (χ1) is 7.66. The first-order valence-corrected chi connectivity index (χ1v) is 5.34. The molecule has 0 radical (unpaired) electrons. The van der Waals surface area contributed by atoms with E-state index in [1.54, 1.807) is 0 Å². The lowest BCUT2D eigenvalue weighted by atomic mass is 9.97. The highest BCUT2D eigenvalue weighted by atomic mass is 19.1. The molecule has 1 saturated heterocycles. The molecule has 86 valence electrons. The number of carbonyl (C=O) groups is 1. The zero-order valence-corrected chi connectivity index (χ0v) is 8.80. The van der Waals surface area contributed by atoms with E-state index in [4.69, 9.17) is 0 Å². The van der Waals surface area contributed by atoms with E-state index in [1.807, 2.05) is 0 Å². The van der Waals surface area contributed by atoms with E-state index in [9.17, 15) is 13.6 Å². The zero-order chi connectivity index (χ0) is 11.5. The Balaban J connectivity index is 2.05. The third-order valence-corrected chi connectivity index (χ3v) is 2.90. The normalized spacial score (nSPS) is 20.0. The fourth-order valence-corrected chi connectivity index (χ4v) is 1.93. The van der Waals surface area contributed by atoms with Gasteiger partial charge < -0.3 is 5.32 Å². The summed E-state index contributed by atoms with van der Waals surface area (Å²) in [6.07, 6.45) is 0.861. The highest BCUT2D eigenvalue weighted by Crippen LogP contribution is 2.15. The third kappa shape index (κ3) is 2.44. The topological polar surface area (TPSA) is 29.1 Å². The summed E-state index contributed by atoms with van der Waals surface area (Å²) in [7, 11) is 0. The zero-order valence-electron chi connectivity index (χ0n) is 8.80. The van der Waals surface area contributed by atoms with Crippen LogP contribution in [0.2, 0.25) is 0 Å². The summed E-state index contributed by atoms with van der Waals surface area (Å²) in [5.74, 6) is -1.25. The molecule has 1 unspecified atom stereocenters. The molecule has 0 aliphatic carbocycles. The smallest absolute Gasteiger partial charge is 0.141 e. The maximum atomic E-state index is 13.3. The monoisotopic (exact) mass is 225 g/mol. The minimum absolute atomic E-state index is 0.0236. The van der Waals surface area contributed by atoms with Crippen molar-refractivity contribution in [1.82, 2.24) is 5.32 Å². The van der Waals surface area contributed by atoms with E-state index in [-0.39, 0.29) is 23.7 Å². The molecule has 1 heterocycles. The van der Waals surface area contributed by atoms with Gasteiger partial charge in [-0.3, -0.25) is 4.79 Å². The van der Waals surface area contributed by atoms with Crippen LogP contribution in [0.4, 0.5) is 8.78 Å². The van der Waals surface area contributed by atoms with Crippen LogP contribution in [0.1, 0.15) is 12.0 Å². The summed E-state index contributed by atoms with van der Waals surface area (Å²) in [6.45, 7) is 1.50. The first kappa shape index (κ1) is 11.2. The van der Waals surface area contributed by atoms with E-state index < -0.39 is 11.6 Å². The van der Waals surface area contributed by atoms with Crippen molar-refractivity contribution in [2.75, 3.05) is 13.1 Å². The van der Waals surface area contributed by atoms with Gasteiger partial charge in [0.2, 0.25) is 0 Å². The maximum Gasteiger partial charge on any atom is 0.141 e. The van der Waals surface area contributed by atoms with Gasteiger partial charge in [-0.1, -0.05) is 6.07 Å². The van der Waals surface area contributed by atoms with Crippen LogP contribution >= 0.6 is 0 Å². The number of ketones is 1. The molecule has 2 nitrogen and oxygen atoms in total. The first-order valence-electron chi connectivity index (χ1n) is 5.34. The van der Waals surface area contributed by atoms with Crippen molar-refractivity contribution in [2.45, 2.75) is 12.8 Å². The van der Waals surface area contributed by atoms with Crippen molar-refractivity contribution < 1.29 is 13.6 Å². The van der Waals surface area contributed by atoms with Crippen LogP contribution < -0.4 is 5.32 Å². The van der Waals surface area contributed by atoms with Crippen molar-refractivity contribution >= 4 is 5.78 Å². The molecule has 1 aliphatic rings. The van der Waals surface area contributed by atoms with Crippen molar-refractivity contribution in [3.8, 4) is 0 Å². The summed E-state index contributed by atoms with van der Waals surface area (Å²) in [4.78, 5) is 11.8. The van der Waals surface area contributed by atoms with E-state index in [0.717, 1.165) is 19.0 Å². The van der Waals surface area contributed by atoms with Gasteiger partial charge in [-0.2, -0.15) is 0 Å². The molecule has 1 N–H and O–H groups in total. The van der Waals surface area contributed by atoms with E-state index in [1.165, 1.54) is 12.1 Å².